The van der Waals surface area contributed by atoms with Gasteiger partial charge < -0.3 is 9.84 Å². The number of rotatable bonds is 3. The normalized spacial score (nSPS) is 9.31. The van der Waals surface area contributed by atoms with Gasteiger partial charge in [-0.3, -0.25) is 0 Å². The minimum atomic E-state index is -1.01. The molecule has 1 aromatic rings. The Morgan fingerprint density at radius 1 is 1.62 bits per heavy atom. The minimum Gasteiger partial charge on any atom is -0.496 e. The van der Waals surface area contributed by atoms with Gasteiger partial charge in [0.1, 0.15) is 11.3 Å². The fourth-order valence-electron chi connectivity index (χ4n) is 1.12. The predicted octanol–water partition coefficient (Wildman–Crippen LogP) is 2.04. The van der Waals surface area contributed by atoms with Crippen molar-refractivity contribution in [1.29, 1.82) is 0 Å². The van der Waals surface area contributed by atoms with Gasteiger partial charge in [0.05, 0.1) is 7.11 Å². The molecule has 0 amide bonds. The molecule has 0 saturated heterocycles. The maximum Gasteiger partial charge on any atom is 0.340 e. The third-order valence-electron chi connectivity index (χ3n) is 1.71. The number of benzene rings is 1. The lowest BCUT2D eigenvalue weighted by molar-refractivity contribution is 0.0693. The molecule has 0 radical (unpaired) electrons. The van der Waals surface area contributed by atoms with Crippen molar-refractivity contribution in [2.24, 2.45) is 0 Å². The molecule has 0 bridgehead atoms. The van der Waals surface area contributed by atoms with E-state index >= 15 is 0 Å². The lowest BCUT2D eigenvalue weighted by atomic mass is 10.1. The number of aromatic carboxylic acids is 1. The Kier molecular flexibility index (Phi) is 2.69. The highest BCUT2D eigenvalue weighted by Crippen LogP contribution is 2.22. The largest absolute Gasteiger partial charge is 0.496 e. The maximum absolute atomic E-state index is 10.8. The quantitative estimate of drug-likeness (QED) is 0.770. The van der Waals surface area contributed by atoms with Crippen LogP contribution in [0.25, 0.3) is 6.08 Å². The summed E-state index contributed by atoms with van der Waals surface area (Å²) >= 11 is 0. The predicted molar refractivity (Wildman–Crippen MR) is 50.0 cm³/mol. The second-order valence-corrected chi connectivity index (χ2v) is 2.43. The Hall–Kier alpha value is -1.77. The first kappa shape index (κ1) is 9.32. The third-order valence-corrected chi connectivity index (χ3v) is 1.71. The molecule has 13 heavy (non-hydrogen) atoms. The maximum atomic E-state index is 10.8. The zero-order valence-electron chi connectivity index (χ0n) is 7.28. The van der Waals surface area contributed by atoms with Gasteiger partial charge in [-0.1, -0.05) is 24.8 Å². The van der Waals surface area contributed by atoms with E-state index in [1.54, 1.807) is 18.2 Å². The molecule has 1 N–H and O–H groups in total. The molecule has 0 aliphatic heterocycles. The van der Waals surface area contributed by atoms with Crippen LogP contribution in [0.5, 0.6) is 5.75 Å². The minimum absolute atomic E-state index is 0.153. The lowest BCUT2D eigenvalue weighted by Gasteiger charge is -2.06. The monoisotopic (exact) mass is 178 g/mol. The average molecular weight is 178 g/mol. The molecule has 0 atom stereocenters. The molecule has 0 aliphatic carbocycles. The van der Waals surface area contributed by atoms with E-state index < -0.39 is 5.97 Å². The molecule has 0 aromatic heterocycles. The van der Waals surface area contributed by atoms with Crippen LogP contribution in [0, 0.1) is 0 Å². The molecule has 68 valence electrons. The second kappa shape index (κ2) is 3.76. The molecule has 0 unspecified atom stereocenters. The van der Waals surface area contributed by atoms with Gasteiger partial charge in [0.25, 0.3) is 0 Å². The van der Waals surface area contributed by atoms with Crippen molar-refractivity contribution in [1.82, 2.24) is 0 Å². The zero-order valence-corrected chi connectivity index (χ0v) is 7.28. The Labute approximate surface area is 76.3 Å². The molecule has 1 rings (SSSR count). The molecular formula is C10H10O3. The van der Waals surface area contributed by atoms with Crippen molar-refractivity contribution in [2.75, 3.05) is 7.11 Å². The van der Waals surface area contributed by atoms with Gasteiger partial charge in [0.15, 0.2) is 0 Å². The summed E-state index contributed by atoms with van der Waals surface area (Å²) < 4.78 is 4.92. The van der Waals surface area contributed by atoms with Gasteiger partial charge in [0.2, 0.25) is 0 Å². The van der Waals surface area contributed by atoms with E-state index in [0.29, 0.717) is 11.3 Å². The highest BCUT2D eigenvalue weighted by atomic mass is 16.5. The number of ether oxygens (including phenoxy) is 1. The SMILES string of the molecule is C=Cc1cccc(OC)c1C(=O)O. The Balaban J connectivity index is 3.38. The van der Waals surface area contributed by atoms with Gasteiger partial charge in [-0.05, 0) is 11.6 Å². The molecule has 1 aromatic carbocycles. The number of hydrogen-bond donors (Lipinski definition) is 1. The van der Waals surface area contributed by atoms with Gasteiger partial charge in [-0.15, -0.1) is 0 Å². The van der Waals surface area contributed by atoms with Crippen molar-refractivity contribution in [3.05, 3.63) is 35.9 Å². The van der Waals surface area contributed by atoms with E-state index in [0.717, 1.165) is 0 Å². The van der Waals surface area contributed by atoms with Crippen molar-refractivity contribution >= 4 is 12.0 Å². The molecular weight excluding hydrogens is 168 g/mol. The van der Waals surface area contributed by atoms with Crippen LogP contribution < -0.4 is 4.74 Å². The van der Waals surface area contributed by atoms with E-state index in [-0.39, 0.29) is 5.56 Å². The number of carboxylic acid groups (broad SMARTS) is 1. The molecule has 0 spiro atoms. The van der Waals surface area contributed by atoms with Crippen molar-refractivity contribution in [3.8, 4) is 5.75 Å². The summed E-state index contributed by atoms with van der Waals surface area (Å²) in [6.45, 7) is 3.53. The lowest BCUT2D eigenvalue weighted by Crippen LogP contribution is -2.02. The van der Waals surface area contributed by atoms with Crippen LogP contribution in [0.3, 0.4) is 0 Å². The summed E-state index contributed by atoms with van der Waals surface area (Å²) in [6.07, 6.45) is 1.49. The van der Waals surface area contributed by atoms with Crippen LogP contribution in [-0.4, -0.2) is 18.2 Å². The van der Waals surface area contributed by atoms with Gasteiger partial charge in [0, 0.05) is 0 Å². The van der Waals surface area contributed by atoms with Crippen LogP contribution in [0.1, 0.15) is 15.9 Å². The van der Waals surface area contributed by atoms with E-state index in [4.69, 9.17) is 9.84 Å². The molecule has 3 heteroatoms. The first-order chi connectivity index (χ1) is 6.20. The summed E-state index contributed by atoms with van der Waals surface area (Å²) in [6, 6.07) is 5.01. The van der Waals surface area contributed by atoms with Gasteiger partial charge in [-0.25, -0.2) is 4.79 Å². The van der Waals surface area contributed by atoms with Crippen molar-refractivity contribution in [2.45, 2.75) is 0 Å². The van der Waals surface area contributed by atoms with Crippen molar-refractivity contribution < 1.29 is 14.6 Å². The molecule has 3 nitrogen and oxygen atoms in total. The summed E-state index contributed by atoms with van der Waals surface area (Å²) in [5.41, 5.74) is 0.715. The summed E-state index contributed by atoms with van der Waals surface area (Å²) in [5, 5.41) is 8.88. The molecule has 0 heterocycles. The van der Waals surface area contributed by atoms with Crippen molar-refractivity contribution in [3.63, 3.8) is 0 Å². The number of methoxy groups -OCH3 is 1. The Bertz CT molecular complexity index is 342. The first-order valence-corrected chi connectivity index (χ1v) is 3.73. The van der Waals surface area contributed by atoms with Gasteiger partial charge >= 0.3 is 5.97 Å². The summed E-state index contributed by atoms with van der Waals surface area (Å²) in [5.74, 6) is -0.655. The molecule has 0 saturated carbocycles. The number of carboxylic acids is 1. The van der Waals surface area contributed by atoms with Gasteiger partial charge in [-0.2, -0.15) is 0 Å². The van der Waals surface area contributed by atoms with E-state index in [9.17, 15) is 4.79 Å². The number of carbonyl (C=O) groups is 1. The summed E-state index contributed by atoms with van der Waals surface area (Å²) in [7, 11) is 1.44. The van der Waals surface area contributed by atoms with E-state index in [1.807, 2.05) is 0 Å². The topological polar surface area (TPSA) is 46.5 Å². The summed E-state index contributed by atoms with van der Waals surface area (Å²) in [4.78, 5) is 10.8. The standard InChI is InChI=1S/C10H10O3/c1-3-7-5-4-6-8(13-2)9(7)10(11)12/h3-6H,1H2,2H3,(H,11,12). The zero-order chi connectivity index (χ0) is 9.84. The highest BCUT2D eigenvalue weighted by Gasteiger charge is 2.13. The first-order valence-electron chi connectivity index (χ1n) is 3.73. The third kappa shape index (κ3) is 1.69. The van der Waals surface area contributed by atoms with Crippen LogP contribution in [0.4, 0.5) is 0 Å². The Morgan fingerprint density at radius 3 is 2.77 bits per heavy atom. The fourth-order valence-corrected chi connectivity index (χ4v) is 1.12. The van der Waals surface area contributed by atoms with Crippen LogP contribution >= 0.6 is 0 Å². The molecule has 0 fully saturated rings. The average Bonchev–Trinajstić information content (AvgIpc) is 2.16. The second-order valence-electron chi connectivity index (χ2n) is 2.43. The van der Waals surface area contributed by atoms with Crippen LogP contribution in [0.2, 0.25) is 0 Å². The fraction of sp³-hybridized carbons (Fsp3) is 0.100. The number of hydrogen-bond acceptors (Lipinski definition) is 2. The Morgan fingerprint density at radius 2 is 2.31 bits per heavy atom. The molecule has 0 aliphatic rings. The smallest absolute Gasteiger partial charge is 0.340 e. The van der Waals surface area contributed by atoms with Crippen LogP contribution in [0.15, 0.2) is 24.8 Å². The van der Waals surface area contributed by atoms with E-state index in [1.165, 1.54) is 13.2 Å². The highest BCUT2D eigenvalue weighted by molar-refractivity contribution is 5.95. The van der Waals surface area contributed by atoms with Crippen LogP contribution in [-0.2, 0) is 0 Å². The van der Waals surface area contributed by atoms with E-state index in [2.05, 4.69) is 6.58 Å².